The molecule has 1 heterocycles. The molecular weight excluding hydrogens is 378 g/mol. The number of hydrogen-bond acceptors (Lipinski definition) is 5. The van der Waals surface area contributed by atoms with Gasteiger partial charge in [0, 0.05) is 43.5 Å². The largest absolute Gasteiger partial charge is 0.497 e. The SMILES string of the molecule is CCN(CCC(=O)Nc1ccc(N2CCOCC2)cc1)C(C)c1cccc(OC)c1. The summed E-state index contributed by atoms with van der Waals surface area (Å²) >= 11 is 0. The molecule has 0 radical (unpaired) electrons. The number of nitrogens with one attached hydrogen (secondary N) is 1. The van der Waals surface area contributed by atoms with Crippen molar-refractivity contribution in [1.29, 1.82) is 0 Å². The summed E-state index contributed by atoms with van der Waals surface area (Å²) in [5.41, 5.74) is 3.19. The van der Waals surface area contributed by atoms with Crippen LogP contribution in [0.25, 0.3) is 0 Å². The summed E-state index contributed by atoms with van der Waals surface area (Å²) in [7, 11) is 1.68. The van der Waals surface area contributed by atoms with Crippen molar-refractivity contribution in [2.75, 3.05) is 56.7 Å². The average Bonchev–Trinajstić information content (AvgIpc) is 2.80. The van der Waals surface area contributed by atoms with E-state index in [1.165, 1.54) is 11.3 Å². The molecule has 6 heteroatoms. The van der Waals surface area contributed by atoms with Gasteiger partial charge in [-0.1, -0.05) is 19.1 Å². The Labute approximate surface area is 179 Å². The predicted molar refractivity (Wildman–Crippen MR) is 121 cm³/mol. The number of carbonyl (C=O) groups excluding carboxylic acids is 1. The summed E-state index contributed by atoms with van der Waals surface area (Å²) in [6, 6.07) is 16.4. The molecule has 6 nitrogen and oxygen atoms in total. The second kappa shape index (κ2) is 11.0. The fraction of sp³-hybridized carbons (Fsp3) is 0.458. The Hall–Kier alpha value is -2.57. The number of ether oxygens (including phenoxy) is 2. The molecule has 1 aliphatic heterocycles. The van der Waals surface area contributed by atoms with Crippen molar-refractivity contribution in [3.63, 3.8) is 0 Å². The maximum absolute atomic E-state index is 12.5. The molecule has 0 saturated carbocycles. The number of hydrogen-bond donors (Lipinski definition) is 1. The summed E-state index contributed by atoms with van der Waals surface area (Å²) in [6.07, 6.45) is 0.452. The number of anilines is 2. The standard InChI is InChI=1S/C24H33N3O3/c1-4-26(19(2)20-6-5-7-23(18-20)29-3)13-12-24(28)25-21-8-10-22(11-9-21)27-14-16-30-17-15-27/h5-11,18-19H,4,12-17H2,1-3H3,(H,25,28). The van der Waals surface area contributed by atoms with Crippen LogP contribution in [0.4, 0.5) is 11.4 Å². The van der Waals surface area contributed by atoms with E-state index in [-0.39, 0.29) is 11.9 Å². The minimum Gasteiger partial charge on any atom is -0.497 e. The maximum atomic E-state index is 12.5. The maximum Gasteiger partial charge on any atom is 0.225 e. The van der Waals surface area contributed by atoms with E-state index in [1.807, 2.05) is 24.3 Å². The molecular formula is C24H33N3O3. The van der Waals surface area contributed by atoms with Crippen LogP contribution < -0.4 is 15.0 Å². The minimum absolute atomic E-state index is 0.0328. The van der Waals surface area contributed by atoms with E-state index in [4.69, 9.17) is 9.47 Å². The first-order chi connectivity index (χ1) is 14.6. The molecule has 1 aliphatic rings. The molecule has 0 aliphatic carbocycles. The van der Waals surface area contributed by atoms with Gasteiger partial charge in [0.1, 0.15) is 5.75 Å². The Balaban J connectivity index is 1.51. The van der Waals surface area contributed by atoms with Crippen molar-refractivity contribution < 1.29 is 14.3 Å². The van der Waals surface area contributed by atoms with E-state index in [1.54, 1.807) is 7.11 Å². The van der Waals surface area contributed by atoms with E-state index in [0.717, 1.165) is 44.3 Å². The lowest BCUT2D eigenvalue weighted by molar-refractivity contribution is -0.116. The fourth-order valence-electron chi connectivity index (χ4n) is 3.78. The van der Waals surface area contributed by atoms with Gasteiger partial charge in [-0.05, 0) is 55.4 Å². The highest BCUT2D eigenvalue weighted by Crippen LogP contribution is 2.24. The molecule has 1 saturated heterocycles. The highest BCUT2D eigenvalue weighted by atomic mass is 16.5. The number of carbonyl (C=O) groups is 1. The molecule has 0 bridgehead atoms. The molecule has 30 heavy (non-hydrogen) atoms. The molecule has 1 amide bonds. The average molecular weight is 412 g/mol. The molecule has 1 unspecified atom stereocenters. The first-order valence-corrected chi connectivity index (χ1v) is 10.7. The van der Waals surface area contributed by atoms with E-state index in [9.17, 15) is 4.79 Å². The number of nitrogens with zero attached hydrogens (tertiary/aromatic N) is 2. The van der Waals surface area contributed by atoms with Crippen molar-refractivity contribution in [3.05, 3.63) is 54.1 Å². The lowest BCUT2D eigenvalue weighted by Gasteiger charge is -2.29. The van der Waals surface area contributed by atoms with E-state index < -0.39 is 0 Å². The zero-order valence-electron chi connectivity index (χ0n) is 18.3. The van der Waals surface area contributed by atoms with Gasteiger partial charge in [0.05, 0.1) is 20.3 Å². The van der Waals surface area contributed by atoms with Crippen molar-refractivity contribution in [3.8, 4) is 5.75 Å². The quantitative estimate of drug-likeness (QED) is 0.677. The van der Waals surface area contributed by atoms with Gasteiger partial charge in [0.2, 0.25) is 5.91 Å². The lowest BCUT2D eigenvalue weighted by atomic mass is 10.1. The fourth-order valence-corrected chi connectivity index (χ4v) is 3.78. The van der Waals surface area contributed by atoms with E-state index in [2.05, 4.69) is 53.2 Å². The normalized spacial score (nSPS) is 15.1. The van der Waals surface area contributed by atoms with Crippen molar-refractivity contribution in [2.45, 2.75) is 26.3 Å². The van der Waals surface area contributed by atoms with Crippen LogP contribution in [0.2, 0.25) is 0 Å². The summed E-state index contributed by atoms with van der Waals surface area (Å²) in [6.45, 7) is 9.21. The zero-order valence-corrected chi connectivity index (χ0v) is 18.3. The van der Waals surface area contributed by atoms with Gasteiger partial charge in [-0.25, -0.2) is 0 Å². The number of rotatable bonds is 9. The first kappa shape index (κ1) is 22.1. The van der Waals surface area contributed by atoms with Gasteiger partial charge in [0.25, 0.3) is 0 Å². The Morgan fingerprint density at radius 1 is 1.20 bits per heavy atom. The number of morpholine rings is 1. The third-order valence-corrected chi connectivity index (χ3v) is 5.68. The first-order valence-electron chi connectivity index (χ1n) is 10.7. The Kier molecular flexibility index (Phi) is 8.11. The molecule has 2 aromatic carbocycles. The van der Waals surface area contributed by atoms with E-state index in [0.29, 0.717) is 13.0 Å². The molecule has 1 fully saturated rings. The predicted octanol–water partition coefficient (Wildman–Crippen LogP) is 3.94. The molecule has 1 atom stereocenters. The molecule has 2 aromatic rings. The molecule has 0 spiro atoms. The van der Waals surface area contributed by atoms with Crippen LogP contribution in [-0.4, -0.2) is 57.3 Å². The monoisotopic (exact) mass is 411 g/mol. The van der Waals surface area contributed by atoms with Gasteiger partial charge < -0.3 is 19.7 Å². The molecule has 162 valence electrons. The molecule has 1 N–H and O–H groups in total. The van der Waals surface area contributed by atoms with Crippen LogP contribution in [0.5, 0.6) is 5.75 Å². The summed E-state index contributed by atoms with van der Waals surface area (Å²) < 4.78 is 10.7. The van der Waals surface area contributed by atoms with Crippen LogP contribution in [-0.2, 0) is 9.53 Å². The Morgan fingerprint density at radius 2 is 1.93 bits per heavy atom. The third kappa shape index (κ3) is 5.97. The van der Waals surface area contributed by atoms with Crippen molar-refractivity contribution >= 4 is 17.3 Å². The number of methoxy groups -OCH3 is 1. The van der Waals surface area contributed by atoms with Crippen molar-refractivity contribution in [2.24, 2.45) is 0 Å². The van der Waals surface area contributed by atoms with Crippen LogP contribution in [0, 0.1) is 0 Å². The number of amides is 1. The third-order valence-electron chi connectivity index (χ3n) is 5.68. The van der Waals surface area contributed by atoms with Crippen LogP contribution in [0.15, 0.2) is 48.5 Å². The van der Waals surface area contributed by atoms with Gasteiger partial charge in [-0.3, -0.25) is 9.69 Å². The van der Waals surface area contributed by atoms with E-state index >= 15 is 0 Å². The highest BCUT2D eigenvalue weighted by Gasteiger charge is 2.16. The lowest BCUT2D eigenvalue weighted by Crippen LogP contribution is -2.36. The zero-order chi connectivity index (χ0) is 21.3. The Bertz CT molecular complexity index is 804. The minimum atomic E-state index is 0.0328. The van der Waals surface area contributed by atoms with Crippen LogP contribution >= 0.6 is 0 Å². The Morgan fingerprint density at radius 3 is 2.60 bits per heavy atom. The van der Waals surface area contributed by atoms with Gasteiger partial charge in [-0.15, -0.1) is 0 Å². The van der Waals surface area contributed by atoms with Crippen LogP contribution in [0.3, 0.4) is 0 Å². The van der Waals surface area contributed by atoms with Gasteiger partial charge in [0.15, 0.2) is 0 Å². The summed E-state index contributed by atoms with van der Waals surface area (Å²) in [5.74, 6) is 0.888. The van der Waals surface area contributed by atoms with Gasteiger partial charge >= 0.3 is 0 Å². The smallest absolute Gasteiger partial charge is 0.225 e. The van der Waals surface area contributed by atoms with Gasteiger partial charge in [-0.2, -0.15) is 0 Å². The second-order valence-corrected chi connectivity index (χ2v) is 7.53. The highest BCUT2D eigenvalue weighted by molar-refractivity contribution is 5.91. The van der Waals surface area contributed by atoms with Crippen LogP contribution in [0.1, 0.15) is 31.9 Å². The number of benzene rings is 2. The molecule has 0 aromatic heterocycles. The summed E-state index contributed by atoms with van der Waals surface area (Å²) in [5, 5.41) is 3.02. The summed E-state index contributed by atoms with van der Waals surface area (Å²) in [4.78, 5) is 17.1. The topological polar surface area (TPSA) is 54.0 Å². The van der Waals surface area contributed by atoms with Crippen molar-refractivity contribution in [1.82, 2.24) is 4.90 Å². The second-order valence-electron chi connectivity index (χ2n) is 7.53. The molecule has 3 rings (SSSR count).